The Morgan fingerprint density at radius 2 is 2.44 bits per heavy atom. The summed E-state index contributed by atoms with van der Waals surface area (Å²) in [5, 5.41) is 19.2. The molecule has 0 aromatic rings. The number of hydrogen-bond donors (Lipinski definition) is 1. The number of aliphatic hydroxyl groups excluding tert-OH is 1. The maximum Gasteiger partial charge on any atom is 0.336 e. The molecular formula is C12H19NO3. The summed E-state index contributed by atoms with van der Waals surface area (Å²) >= 11 is 0. The highest BCUT2D eigenvalue weighted by molar-refractivity contribution is 5.76. The molecule has 4 nitrogen and oxygen atoms in total. The van der Waals surface area contributed by atoms with Gasteiger partial charge in [-0.15, -0.1) is 0 Å². The lowest BCUT2D eigenvalue weighted by Gasteiger charge is -2.37. The zero-order valence-corrected chi connectivity index (χ0v) is 9.90. The van der Waals surface area contributed by atoms with Gasteiger partial charge in [-0.1, -0.05) is 26.2 Å². The van der Waals surface area contributed by atoms with E-state index in [0.29, 0.717) is 18.8 Å². The van der Waals surface area contributed by atoms with Gasteiger partial charge in [0.15, 0.2) is 6.10 Å². The van der Waals surface area contributed by atoms with Gasteiger partial charge in [-0.3, -0.25) is 0 Å². The van der Waals surface area contributed by atoms with Gasteiger partial charge in [0.1, 0.15) is 0 Å². The second-order valence-electron chi connectivity index (χ2n) is 4.56. The standard InChI is InChI=1S/C12H19NO3/c1-3-9-5-4-6-12(7-9,8-13)10(14)11(15)16-2/h9-10,14H,3-7H2,1-2H3. The van der Waals surface area contributed by atoms with E-state index in [1.54, 1.807) is 0 Å². The van der Waals surface area contributed by atoms with E-state index in [1.165, 1.54) is 7.11 Å². The Labute approximate surface area is 96.2 Å². The largest absolute Gasteiger partial charge is 0.467 e. The molecule has 0 bridgehead atoms. The van der Waals surface area contributed by atoms with E-state index in [4.69, 9.17) is 0 Å². The van der Waals surface area contributed by atoms with E-state index in [2.05, 4.69) is 17.7 Å². The number of nitrogens with zero attached hydrogens (tertiary/aromatic N) is 1. The molecule has 1 aliphatic carbocycles. The number of rotatable bonds is 3. The lowest BCUT2D eigenvalue weighted by atomic mass is 9.66. The van der Waals surface area contributed by atoms with Crippen LogP contribution < -0.4 is 0 Å². The van der Waals surface area contributed by atoms with Crippen LogP contribution in [0.5, 0.6) is 0 Å². The van der Waals surface area contributed by atoms with Crippen molar-refractivity contribution < 1.29 is 14.6 Å². The van der Waals surface area contributed by atoms with Crippen molar-refractivity contribution in [3.8, 4) is 6.07 Å². The Bertz CT molecular complexity index is 297. The Kier molecular flexibility index (Phi) is 4.31. The SMILES string of the molecule is CCC1CCCC(C#N)(C(O)C(=O)OC)C1. The van der Waals surface area contributed by atoms with E-state index < -0.39 is 17.5 Å². The maximum absolute atomic E-state index is 11.3. The first kappa shape index (κ1) is 13.0. The Morgan fingerprint density at radius 1 is 1.75 bits per heavy atom. The van der Waals surface area contributed by atoms with Gasteiger partial charge in [0.2, 0.25) is 0 Å². The van der Waals surface area contributed by atoms with Crippen LogP contribution in [0.4, 0.5) is 0 Å². The van der Waals surface area contributed by atoms with E-state index in [1.807, 2.05) is 0 Å². The highest BCUT2D eigenvalue weighted by atomic mass is 16.5. The van der Waals surface area contributed by atoms with E-state index >= 15 is 0 Å². The molecule has 90 valence electrons. The molecule has 1 rings (SSSR count). The first-order chi connectivity index (χ1) is 7.59. The molecule has 1 aliphatic rings. The highest BCUT2D eigenvalue weighted by Gasteiger charge is 2.46. The quantitative estimate of drug-likeness (QED) is 0.741. The molecule has 1 fully saturated rings. The highest BCUT2D eigenvalue weighted by Crippen LogP contribution is 2.43. The smallest absolute Gasteiger partial charge is 0.336 e. The molecular weight excluding hydrogens is 206 g/mol. The van der Waals surface area contributed by atoms with Crippen LogP contribution in [0.1, 0.15) is 39.0 Å². The van der Waals surface area contributed by atoms with Gasteiger partial charge in [-0.25, -0.2) is 4.79 Å². The minimum atomic E-state index is -1.31. The predicted molar refractivity (Wildman–Crippen MR) is 58.3 cm³/mol. The summed E-state index contributed by atoms with van der Waals surface area (Å²) < 4.78 is 4.52. The van der Waals surface area contributed by atoms with Gasteiger partial charge in [-0.2, -0.15) is 5.26 Å². The Hall–Kier alpha value is -1.08. The summed E-state index contributed by atoms with van der Waals surface area (Å²) in [4.78, 5) is 11.3. The van der Waals surface area contributed by atoms with E-state index in [0.717, 1.165) is 19.3 Å². The molecule has 3 atom stereocenters. The molecule has 0 aromatic carbocycles. The van der Waals surface area contributed by atoms with Crippen molar-refractivity contribution in [3.05, 3.63) is 0 Å². The molecule has 0 heterocycles. The van der Waals surface area contributed by atoms with E-state index in [9.17, 15) is 15.2 Å². The van der Waals surface area contributed by atoms with Crippen LogP contribution in [-0.2, 0) is 9.53 Å². The van der Waals surface area contributed by atoms with Crippen LogP contribution in [0.15, 0.2) is 0 Å². The van der Waals surface area contributed by atoms with Crippen molar-refractivity contribution in [2.24, 2.45) is 11.3 Å². The topological polar surface area (TPSA) is 70.3 Å². The average molecular weight is 225 g/mol. The van der Waals surface area contributed by atoms with Crippen LogP contribution in [0.2, 0.25) is 0 Å². The second kappa shape index (κ2) is 5.31. The molecule has 0 aliphatic heterocycles. The molecule has 0 aromatic heterocycles. The van der Waals surface area contributed by atoms with Crippen molar-refractivity contribution in [1.82, 2.24) is 0 Å². The summed E-state index contributed by atoms with van der Waals surface area (Å²) in [6.07, 6.45) is 2.81. The van der Waals surface area contributed by atoms with Gasteiger partial charge >= 0.3 is 5.97 Å². The van der Waals surface area contributed by atoms with Crippen molar-refractivity contribution in [1.29, 1.82) is 5.26 Å². The van der Waals surface area contributed by atoms with Gasteiger partial charge in [-0.05, 0) is 18.8 Å². The lowest BCUT2D eigenvalue weighted by molar-refractivity contribution is -0.157. The Balaban J connectivity index is 2.85. The maximum atomic E-state index is 11.3. The predicted octanol–water partition coefficient (Wildman–Crippen LogP) is 1.63. The molecule has 0 amide bonds. The minimum absolute atomic E-state index is 0.424. The van der Waals surface area contributed by atoms with Crippen LogP contribution in [0, 0.1) is 22.7 Å². The number of nitriles is 1. The molecule has 1 saturated carbocycles. The van der Waals surface area contributed by atoms with Crippen LogP contribution in [-0.4, -0.2) is 24.3 Å². The molecule has 0 radical (unpaired) electrons. The number of methoxy groups -OCH3 is 1. The molecule has 4 heteroatoms. The fraction of sp³-hybridized carbons (Fsp3) is 0.833. The number of esters is 1. The molecule has 1 N–H and O–H groups in total. The molecule has 0 saturated heterocycles. The molecule has 0 spiro atoms. The normalized spacial score (nSPS) is 31.5. The lowest BCUT2D eigenvalue weighted by Crippen LogP contribution is -2.43. The van der Waals surface area contributed by atoms with Crippen LogP contribution >= 0.6 is 0 Å². The van der Waals surface area contributed by atoms with Gasteiger partial charge in [0.25, 0.3) is 0 Å². The fourth-order valence-corrected chi connectivity index (χ4v) is 2.52. The summed E-state index contributed by atoms with van der Waals surface area (Å²) in [7, 11) is 1.23. The zero-order valence-electron chi connectivity index (χ0n) is 9.90. The van der Waals surface area contributed by atoms with Gasteiger partial charge < -0.3 is 9.84 Å². The number of hydrogen-bond acceptors (Lipinski definition) is 4. The number of carbonyl (C=O) groups excluding carboxylic acids is 1. The van der Waals surface area contributed by atoms with Crippen LogP contribution in [0.3, 0.4) is 0 Å². The van der Waals surface area contributed by atoms with Gasteiger partial charge in [0.05, 0.1) is 18.6 Å². The van der Waals surface area contributed by atoms with Gasteiger partial charge in [0, 0.05) is 0 Å². The average Bonchev–Trinajstić information content (AvgIpc) is 2.36. The number of aliphatic hydroxyl groups is 1. The van der Waals surface area contributed by atoms with Crippen molar-refractivity contribution in [2.75, 3.05) is 7.11 Å². The number of ether oxygens (including phenoxy) is 1. The Morgan fingerprint density at radius 3 is 2.94 bits per heavy atom. The number of carbonyl (C=O) groups is 1. The van der Waals surface area contributed by atoms with Crippen molar-refractivity contribution >= 4 is 5.97 Å². The second-order valence-corrected chi connectivity index (χ2v) is 4.56. The summed E-state index contributed by atoms with van der Waals surface area (Å²) in [6.45, 7) is 2.07. The van der Waals surface area contributed by atoms with E-state index in [-0.39, 0.29) is 0 Å². The fourth-order valence-electron chi connectivity index (χ4n) is 2.52. The van der Waals surface area contributed by atoms with Crippen molar-refractivity contribution in [2.45, 2.75) is 45.1 Å². The first-order valence-corrected chi connectivity index (χ1v) is 5.76. The molecule has 3 unspecified atom stereocenters. The first-order valence-electron chi connectivity index (χ1n) is 5.76. The third-order valence-electron chi connectivity index (χ3n) is 3.64. The summed E-state index contributed by atoms with van der Waals surface area (Å²) in [5.41, 5.74) is -0.938. The summed E-state index contributed by atoms with van der Waals surface area (Å²) in [5.74, 6) is -0.272. The zero-order chi connectivity index (χ0) is 12.2. The molecule has 16 heavy (non-hydrogen) atoms. The van der Waals surface area contributed by atoms with Crippen LogP contribution in [0.25, 0.3) is 0 Å². The third kappa shape index (κ3) is 2.35. The monoisotopic (exact) mass is 225 g/mol. The van der Waals surface area contributed by atoms with Crippen molar-refractivity contribution in [3.63, 3.8) is 0 Å². The summed E-state index contributed by atoms with van der Waals surface area (Å²) in [6, 6.07) is 2.15. The minimum Gasteiger partial charge on any atom is -0.467 e. The third-order valence-corrected chi connectivity index (χ3v) is 3.64.